The van der Waals surface area contributed by atoms with E-state index >= 15 is 0 Å². The molecular formula is C40H52O4. The Labute approximate surface area is 265 Å². The van der Waals surface area contributed by atoms with Gasteiger partial charge in [0.2, 0.25) is 0 Å². The Hall–Kier alpha value is -3.92. The highest BCUT2D eigenvalue weighted by Crippen LogP contribution is 2.39. The molecule has 4 N–H and O–H groups in total. The Kier molecular flexibility index (Phi) is 10.2. The summed E-state index contributed by atoms with van der Waals surface area (Å²) in [6.45, 7) is 23.0. The molecule has 4 rings (SSSR count). The van der Waals surface area contributed by atoms with Gasteiger partial charge in [0.05, 0.1) is 0 Å². The molecule has 0 spiro atoms. The van der Waals surface area contributed by atoms with Crippen LogP contribution in [0.15, 0.2) is 72.8 Å². The van der Waals surface area contributed by atoms with Crippen LogP contribution in [0.1, 0.15) is 119 Å². The first-order chi connectivity index (χ1) is 20.3. The lowest BCUT2D eigenvalue weighted by atomic mass is 9.77. The van der Waals surface area contributed by atoms with Crippen molar-refractivity contribution in [2.75, 3.05) is 0 Å². The lowest BCUT2D eigenvalue weighted by Crippen LogP contribution is -2.19. The van der Waals surface area contributed by atoms with E-state index in [-0.39, 0.29) is 22.2 Å². The SMILES string of the molecule is CCC(c1ccc(O)c(C(C)(C)C)c1)c1ccc(O)c(C(C)(C)C)c1.Cc1cc(C(C)(C)c2ccc(O)c(C)c2)ccc1O. The first-order valence-electron chi connectivity index (χ1n) is 15.5. The maximum atomic E-state index is 10.2. The molecule has 0 aromatic heterocycles. The van der Waals surface area contributed by atoms with Crippen molar-refractivity contribution in [2.45, 2.75) is 105 Å². The van der Waals surface area contributed by atoms with Crippen molar-refractivity contribution >= 4 is 0 Å². The third-order valence-corrected chi connectivity index (χ3v) is 8.71. The van der Waals surface area contributed by atoms with E-state index in [1.54, 1.807) is 12.1 Å². The van der Waals surface area contributed by atoms with Gasteiger partial charge >= 0.3 is 0 Å². The molecule has 44 heavy (non-hydrogen) atoms. The first kappa shape index (κ1) is 34.6. The highest BCUT2D eigenvalue weighted by Gasteiger charge is 2.25. The number of phenols is 4. The van der Waals surface area contributed by atoms with Gasteiger partial charge in [0.25, 0.3) is 0 Å². The summed E-state index contributed by atoms with van der Waals surface area (Å²) in [5.74, 6) is 1.59. The van der Waals surface area contributed by atoms with E-state index in [4.69, 9.17) is 0 Å². The second-order valence-electron chi connectivity index (χ2n) is 14.6. The molecule has 0 atom stereocenters. The molecule has 0 heterocycles. The molecule has 0 aliphatic carbocycles. The minimum atomic E-state index is -0.170. The predicted molar refractivity (Wildman–Crippen MR) is 184 cm³/mol. The molecule has 4 aromatic rings. The molecule has 0 radical (unpaired) electrons. The summed E-state index contributed by atoms with van der Waals surface area (Å²) in [5.41, 5.74) is 8.01. The number of hydrogen-bond donors (Lipinski definition) is 4. The van der Waals surface area contributed by atoms with Gasteiger partial charge in [0, 0.05) is 11.3 Å². The Bertz CT molecular complexity index is 1480. The van der Waals surface area contributed by atoms with Crippen molar-refractivity contribution in [2.24, 2.45) is 0 Å². The van der Waals surface area contributed by atoms with Gasteiger partial charge in [-0.05, 0) is 99.9 Å². The molecule has 0 saturated heterocycles. The van der Waals surface area contributed by atoms with Crippen LogP contribution in [-0.2, 0) is 16.2 Å². The zero-order chi connectivity index (χ0) is 33.2. The molecule has 236 valence electrons. The van der Waals surface area contributed by atoms with E-state index in [1.807, 2.05) is 62.4 Å². The van der Waals surface area contributed by atoms with Gasteiger partial charge in [-0.3, -0.25) is 0 Å². The predicted octanol–water partition coefficient (Wildman–Crippen LogP) is 10.3. The number of benzene rings is 4. The highest BCUT2D eigenvalue weighted by atomic mass is 16.3. The van der Waals surface area contributed by atoms with Crippen molar-refractivity contribution in [1.82, 2.24) is 0 Å². The fourth-order valence-corrected chi connectivity index (χ4v) is 5.66. The lowest BCUT2D eigenvalue weighted by Gasteiger charge is -2.27. The zero-order valence-corrected chi connectivity index (χ0v) is 28.5. The van der Waals surface area contributed by atoms with Gasteiger partial charge < -0.3 is 20.4 Å². The number of phenolic OH excluding ortho intramolecular Hbond substituents is 4. The molecule has 4 heteroatoms. The third-order valence-electron chi connectivity index (χ3n) is 8.71. The van der Waals surface area contributed by atoms with Crippen LogP contribution in [0.4, 0.5) is 0 Å². The number of aryl methyl sites for hydroxylation is 2. The van der Waals surface area contributed by atoms with E-state index in [9.17, 15) is 20.4 Å². The Morgan fingerprint density at radius 1 is 0.500 bits per heavy atom. The van der Waals surface area contributed by atoms with Crippen molar-refractivity contribution in [3.05, 3.63) is 117 Å². The van der Waals surface area contributed by atoms with Crippen LogP contribution < -0.4 is 0 Å². The van der Waals surface area contributed by atoms with Crippen LogP contribution in [0.2, 0.25) is 0 Å². The molecule has 4 aromatic carbocycles. The maximum absolute atomic E-state index is 10.2. The normalized spacial score (nSPS) is 12.2. The minimum Gasteiger partial charge on any atom is -0.508 e. The maximum Gasteiger partial charge on any atom is 0.119 e. The molecule has 0 fully saturated rings. The monoisotopic (exact) mass is 596 g/mol. The Morgan fingerprint density at radius 3 is 1.14 bits per heavy atom. The standard InChI is InChI=1S/C23H32O2.C17H20O2/c1-8-17(15-9-11-20(24)18(13-15)22(2,3)4)16-10-12-21(25)19(14-16)23(5,6)7;1-11-9-13(5-7-15(11)18)17(3,4)14-6-8-16(19)12(2)10-14/h9-14,17,24-25H,8H2,1-7H3;5-10,18-19H,1-4H3. The first-order valence-corrected chi connectivity index (χ1v) is 15.5. The smallest absolute Gasteiger partial charge is 0.119 e. The van der Waals surface area contributed by atoms with Gasteiger partial charge in [-0.25, -0.2) is 0 Å². The topological polar surface area (TPSA) is 80.9 Å². The van der Waals surface area contributed by atoms with Crippen LogP contribution >= 0.6 is 0 Å². The summed E-state index contributed by atoms with van der Waals surface area (Å²) in [5, 5.41) is 39.8. The summed E-state index contributed by atoms with van der Waals surface area (Å²) < 4.78 is 0. The van der Waals surface area contributed by atoms with Crippen molar-refractivity contribution < 1.29 is 20.4 Å². The van der Waals surface area contributed by atoms with Gasteiger partial charge in [0.1, 0.15) is 23.0 Å². The Morgan fingerprint density at radius 2 is 0.841 bits per heavy atom. The average molecular weight is 597 g/mol. The summed E-state index contributed by atoms with van der Waals surface area (Å²) in [6, 6.07) is 23.3. The van der Waals surface area contributed by atoms with E-state index in [0.717, 1.165) is 39.8 Å². The van der Waals surface area contributed by atoms with Crippen LogP contribution in [0.3, 0.4) is 0 Å². The molecule has 0 bridgehead atoms. The van der Waals surface area contributed by atoms with Gasteiger partial charge in [-0.2, -0.15) is 0 Å². The minimum absolute atomic E-state index is 0.107. The van der Waals surface area contributed by atoms with Gasteiger partial charge in [0.15, 0.2) is 0 Å². The van der Waals surface area contributed by atoms with Crippen LogP contribution in [0.25, 0.3) is 0 Å². The third kappa shape index (κ3) is 7.77. The molecule has 0 aliphatic heterocycles. The van der Waals surface area contributed by atoms with Crippen LogP contribution in [-0.4, -0.2) is 20.4 Å². The molecule has 4 nitrogen and oxygen atoms in total. The van der Waals surface area contributed by atoms with Crippen molar-refractivity contribution in [3.63, 3.8) is 0 Å². The van der Waals surface area contributed by atoms with Crippen LogP contribution in [0.5, 0.6) is 23.0 Å². The fraction of sp³-hybridized carbons (Fsp3) is 0.400. The molecular weight excluding hydrogens is 544 g/mol. The lowest BCUT2D eigenvalue weighted by molar-refractivity contribution is 0.445. The molecule has 0 unspecified atom stereocenters. The van der Waals surface area contributed by atoms with Crippen LogP contribution in [0, 0.1) is 13.8 Å². The fourth-order valence-electron chi connectivity index (χ4n) is 5.66. The summed E-state index contributed by atoms with van der Waals surface area (Å²) in [7, 11) is 0. The number of rotatable bonds is 5. The summed E-state index contributed by atoms with van der Waals surface area (Å²) in [4.78, 5) is 0. The highest BCUT2D eigenvalue weighted by molar-refractivity contribution is 5.48. The number of hydrogen-bond acceptors (Lipinski definition) is 4. The van der Waals surface area contributed by atoms with Gasteiger partial charge in [-0.1, -0.05) is 111 Å². The summed E-state index contributed by atoms with van der Waals surface area (Å²) >= 11 is 0. The quantitative estimate of drug-likeness (QED) is 0.185. The second-order valence-corrected chi connectivity index (χ2v) is 14.6. The zero-order valence-electron chi connectivity index (χ0n) is 28.5. The van der Waals surface area contributed by atoms with E-state index in [1.165, 1.54) is 11.1 Å². The largest absolute Gasteiger partial charge is 0.508 e. The Balaban J connectivity index is 0.000000249. The number of aromatic hydroxyl groups is 4. The average Bonchev–Trinajstić information content (AvgIpc) is 2.92. The molecule has 0 amide bonds. The van der Waals surface area contributed by atoms with E-state index in [0.29, 0.717) is 23.0 Å². The van der Waals surface area contributed by atoms with Gasteiger partial charge in [-0.15, -0.1) is 0 Å². The van der Waals surface area contributed by atoms with E-state index in [2.05, 4.69) is 74.4 Å². The van der Waals surface area contributed by atoms with Crippen molar-refractivity contribution in [1.29, 1.82) is 0 Å². The summed E-state index contributed by atoms with van der Waals surface area (Å²) in [6.07, 6.45) is 0.961. The second kappa shape index (κ2) is 13.0. The molecule has 0 saturated carbocycles. The molecule has 0 aliphatic rings. The van der Waals surface area contributed by atoms with Crippen molar-refractivity contribution in [3.8, 4) is 23.0 Å². The van der Waals surface area contributed by atoms with E-state index < -0.39 is 0 Å².